The smallest absolute Gasteiger partial charge is 0.253 e. The maximum atomic E-state index is 13.3. The summed E-state index contributed by atoms with van der Waals surface area (Å²) < 4.78 is 18.8. The Bertz CT molecular complexity index is 561. The maximum absolute atomic E-state index is 13.3. The fourth-order valence-electron chi connectivity index (χ4n) is 2.36. The molecule has 2 rings (SSSR count). The second-order valence-corrected chi connectivity index (χ2v) is 5.32. The standard InChI is InChI=1S/C16H19FN2O3/c1-3-15(20)18-12-4-5-14(22-9-12)16(21)19-13-7-10(2)6-11(17)8-13/h3,6-8,12,14H,1,4-5,9H2,2H3,(H,18,20)(H,19,21)/t12-,14+/m1/s1. The molecule has 0 spiro atoms. The normalized spacial score (nSPS) is 21.0. The average molecular weight is 306 g/mol. The van der Waals surface area contributed by atoms with E-state index in [0.29, 0.717) is 18.5 Å². The van der Waals surface area contributed by atoms with E-state index in [1.54, 1.807) is 13.0 Å². The zero-order valence-electron chi connectivity index (χ0n) is 12.4. The lowest BCUT2D eigenvalue weighted by Crippen LogP contribution is -2.45. The predicted molar refractivity (Wildman–Crippen MR) is 80.9 cm³/mol. The third-order valence-corrected chi connectivity index (χ3v) is 3.41. The van der Waals surface area contributed by atoms with Crippen LogP contribution in [0.25, 0.3) is 0 Å². The number of nitrogens with one attached hydrogen (secondary N) is 2. The Labute approximate surface area is 128 Å². The molecular formula is C16H19FN2O3. The summed E-state index contributed by atoms with van der Waals surface area (Å²) in [6.45, 7) is 5.40. The molecule has 1 heterocycles. The van der Waals surface area contributed by atoms with E-state index in [4.69, 9.17) is 4.74 Å². The third kappa shape index (κ3) is 4.39. The Kier molecular flexibility index (Phi) is 5.27. The molecule has 1 aliphatic heterocycles. The van der Waals surface area contributed by atoms with E-state index >= 15 is 0 Å². The highest BCUT2D eigenvalue weighted by Crippen LogP contribution is 2.18. The van der Waals surface area contributed by atoms with E-state index < -0.39 is 11.9 Å². The molecule has 1 fully saturated rings. The minimum atomic E-state index is -0.597. The molecule has 1 aromatic carbocycles. The zero-order chi connectivity index (χ0) is 16.1. The van der Waals surface area contributed by atoms with Gasteiger partial charge in [0.2, 0.25) is 5.91 Å². The number of amides is 2. The number of aryl methyl sites for hydroxylation is 1. The van der Waals surface area contributed by atoms with Crippen LogP contribution in [0.4, 0.5) is 10.1 Å². The van der Waals surface area contributed by atoms with Crippen molar-refractivity contribution >= 4 is 17.5 Å². The van der Waals surface area contributed by atoms with Gasteiger partial charge in [0.25, 0.3) is 5.91 Å². The van der Waals surface area contributed by atoms with Gasteiger partial charge in [-0.2, -0.15) is 0 Å². The molecule has 2 amide bonds. The fourth-order valence-corrected chi connectivity index (χ4v) is 2.36. The molecular weight excluding hydrogens is 287 g/mol. The first-order valence-electron chi connectivity index (χ1n) is 7.10. The number of carbonyl (C=O) groups is 2. The molecule has 22 heavy (non-hydrogen) atoms. The summed E-state index contributed by atoms with van der Waals surface area (Å²) in [6.07, 6.45) is 1.73. The van der Waals surface area contributed by atoms with Crippen molar-refractivity contribution in [3.63, 3.8) is 0 Å². The van der Waals surface area contributed by atoms with Gasteiger partial charge in [-0.1, -0.05) is 6.58 Å². The van der Waals surface area contributed by atoms with Gasteiger partial charge < -0.3 is 15.4 Å². The number of halogens is 1. The van der Waals surface area contributed by atoms with Crippen LogP contribution in [0.2, 0.25) is 0 Å². The van der Waals surface area contributed by atoms with Crippen molar-refractivity contribution in [1.29, 1.82) is 0 Å². The highest BCUT2D eigenvalue weighted by atomic mass is 19.1. The van der Waals surface area contributed by atoms with E-state index in [-0.39, 0.29) is 24.5 Å². The van der Waals surface area contributed by atoms with E-state index in [2.05, 4.69) is 17.2 Å². The SMILES string of the molecule is C=CC(=O)N[C@@H]1CC[C@@H](C(=O)Nc2cc(C)cc(F)c2)OC1. The quantitative estimate of drug-likeness (QED) is 0.835. The van der Waals surface area contributed by atoms with Crippen LogP contribution in [0.15, 0.2) is 30.9 Å². The van der Waals surface area contributed by atoms with Crippen molar-refractivity contribution in [2.75, 3.05) is 11.9 Å². The van der Waals surface area contributed by atoms with Crippen molar-refractivity contribution in [2.45, 2.75) is 31.9 Å². The maximum Gasteiger partial charge on any atom is 0.253 e. The zero-order valence-corrected chi connectivity index (χ0v) is 12.4. The molecule has 1 aromatic rings. The average Bonchev–Trinajstić information content (AvgIpc) is 2.46. The lowest BCUT2D eigenvalue weighted by Gasteiger charge is -2.28. The van der Waals surface area contributed by atoms with Gasteiger partial charge in [0.05, 0.1) is 12.6 Å². The van der Waals surface area contributed by atoms with Gasteiger partial charge in [0.15, 0.2) is 0 Å². The van der Waals surface area contributed by atoms with Crippen molar-refractivity contribution in [3.8, 4) is 0 Å². The van der Waals surface area contributed by atoms with Crippen LogP contribution in [0.1, 0.15) is 18.4 Å². The molecule has 0 aromatic heterocycles. The number of ether oxygens (including phenoxy) is 1. The molecule has 0 aliphatic carbocycles. The number of carbonyl (C=O) groups excluding carboxylic acids is 2. The second-order valence-electron chi connectivity index (χ2n) is 5.32. The molecule has 1 aliphatic rings. The summed E-state index contributed by atoms with van der Waals surface area (Å²) in [6, 6.07) is 4.23. The Hall–Kier alpha value is -2.21. The lowest BCUT2D eigenvalue weighted by atomic mass is 10.0. The molecule has 2 N–H and O–H groups in total. The largest absolute Gasteiger partial charge is 0.366 e. The summed E-state index contributed by atoms with van der Waals surface area (Å²) in [5.41, 5.74) is 1.14. The summed E-state index contributed by atoms with van der Waals surface area (Å²) in [5.74, 6) is -0.961. The lowest BCUT2D eigenvalue weighted by molar-refractivity contribution is -0.131. The summed E-state index contributed by atoms with van der Waals surface area (Å²) >= 11 is 0. The second kappa shape index (κ2) is 7.17. The van der Waals surface area contributed by atoms with Crippen LogP contribution in [0, 0.1) is 12.7 Å². The van der Waals surface area contributed by atoms with Crippen LogP contribution < -0.4 is 10.6 Å². The molecule has 0 bridgehead atoms. The van der Waals surface area contributed by atoms with Gasteiger partial charge in [0.1, 0.15) is 11.9 Å². The number of anilines is 1. The molecule has 0 radical (unpaired) electrons. The topological polar surface area (TPSA) is 67.4 Å². The summed E-state index contributed by atoms with van der Waals surface area (Å²) in [5, 5.41) is 5.38. The van der Waals surface area contributed by atoms with Crippen LogP contribution in [-0.2, 0) is 14.3 Å². The van der Waals surface area contributed by atoms with Gasteiger partial charge in [-0.25, -0.2) is 4.39 Å². The minimum absolute atomic E-state index is 0.119. The van der Waals surface area contributed by atoms with Crippen LogP contribution >= 0.6 is 0 Å². The van der Waals surface area contributed by atoms with Crippen LogP contribution in [0.5, 0.6) is 0 Å². The molecule has 118 valence electrons. The Balaban J connectivity index is 1.87. The summed E-state index contributed by atoms with van der Waals surface area (Å²) in [7, 11) is 0. The first-order valence-corrected chi connectivity index (χ1v) is 7.10. The summed E-state index contributed by atoms with van der Waals surface area (Å²) in [4.78, 5) is 23.3. The Morgan fingerprint density at radius 1 is 1.36 bits per heavy atom. The van der Waals surface area contributed by atoms with Gasteiger partial charge in [-0.15, -0.1) is 0 Å². The monoisotopic (exact) mass is 306 g/mol. The van der Waals surface area contributed by atoms with Gasteiger partial charge in [0, 0.05) is 5.69 Å². The molecule has 5 nitrogen and oxygen atoms in total. The van der Waals surface area contributed by atoms with Crippen molar-refractivity contribution < 1.29 is 18.7 Å². The molecule has 0 unspecified atom stereocenters. The Morgan fingerprint density at radius 3 is 2.73 bits per heavy atom. The van der Waals surface area contributed by atoms with E-state index in [0.717, 1.165) is 5.56 Å². The van der Waals surface area contributed by atoms with Crippen LogP contribution in [0.3, 0.4) is 0 Å². The van der Waals surface area contributed by atoms with Gasteiger partial charge >= 0.3 is 0 Å². The van der Waals surface area contributed by atoms with Crippen molar-refractivity contribution in [2.24, 2.45) is 0 Å². The van der Waals surface area contributed by atoms with Crippen LogP contribution in [-0.4, -0.2) is 30.6 Å². The minimum Gasteiger partial charge on any atom is -0.366 e. The third-order valence-electron chi connectivity index (χ3n) is 3.41. The fraction of sp³-hybridized carbons (Fsp3) is 0.375. The first-order chi connectivity index (χ1) is 10.5. The molecule has 0 saturated carbocycles. The highest BCUT2D eigenvalue weighted by molar-refractivity contribution is 5.94. The van der Waals surface area contributed by atoms with Crippen molar-refractivity contribution in [1.82, 2.24) is 5.32 Å². The molecule has 2 atom stereocenters. The number of rotatable bonds is 4. The van der Waals surface area contributed by atoms with E-state index in [1.165, 1.54) is 18.2 Å². The van der Waals surface area contributed by atoms with E-state index in [1.807, 2.05) is 0 Å². The van der Waals surface area contributed by atoms with E-state index in [9.17, 15) is 14.0 Å². The molecule has 1 saturated heterocycles. The number of benzene rings is 1. The highest BCUT2D eigenvalue weighted by Gasteiger charge is 2.27. The predicted octanol–water partition coefficient (Wildman–Crippen LogP) is 1.92. The van der Waals surface area contributed by atoms with Gasteiger partial charge in [-0.05, 0) is 49.6 Å². The van der Waals surface area contributed by atoms with Crippen molar-refractivity contribution in [3.05, 3.63) is 42.2 Å². The number of hydrogen-bond acceptors (Lipinski definition) is 3. The molecule has 6 heteroatoms. The van der Waals surface area contributed by atoms with Gasteiger partial charge in [-0.3, -0.25) is 9.59 Å². The number of hydrogen-bond donors (Lipinski definition) is 2. The Morgan fingerprint density at radius 2 is 2.14 bits per heavy atom. The first kappa shape index (κ1) is 16.2.